The van der Waals surface area contributed by atoms with Gasteiger partial charge in [-0.25, -0.2) is 4.98 Å². The number of nitrogens with zero attached hydrogens (tertiary/aromatic N) is 2. The van der Waals surface area contributed by atoms with E-state index in [0.29, 0.717) is 6.61 Å². The van der Waals surface area contributed by atoms with Crippen LogP contribution in [0.4, 0.5) is 11.5 Å². The van der Waals surface area contributed by atoms with Gasteiger partial charge in [-0.1, -0.05) is 11.6 Å². The fraction of sp³-hybridized carbons (Fsp3) is 0.412. The Kier molecular flexibility index (Phi) is 5.85. The Morgan fingerprint density at radius 2 is 2.00 bits per heavy atom. The number of methoxy groups -OCH3 is 2. The van der Waals surface area contributed by atoms with Crippen molar-refractivity contribution in [1.82, 2.24) is 9.55 Å². The summed E-state index contributed by atoms with van der Waals surface area (Å²) < 4.78 is 11.9. The van der Waals surface area contributed by atoms with Gasteiger partial charge in [-0.3, -0.25) is 4.79 Å². The summed E-state index contributed by atoms with van der Waals surface area (Å²) in [5.74, 6) is 0.973. The van der Waals surface area contributed by atoms with Crippen molar-refractivity contribution in [3.05, 3.63) is 45.0 Å². The Balaban J connectivity index is 2.44. The van der Waals surface area contributed by atoms with Crippen LogP contribution in [0.3, 0.4) is 0 Å². The predicted molar refractivity (Wildman–Crippen MR) is 95.8 cm³/mol. The van der Waals surface area contributed by atoms with Crippen molar-refractivity contribution in [2.24, 2.45) is 0 Å². The van der Waals surface area contributed by atoms with Gasteiger partial charge in [0.1, 0.15) is 10.9 Å². The molecule has 0 aliphatic heterocycles. The molecule has 6 nitrogen and oxygen atoms in total. The molecule has 7 heteroatoms. The molecule has 0 bridgehead atoms. The van der Waals surface area contributed by atoms with Gasteiger partial charge >= 0.3 is 0 Å². The van der Waals surface area contributed by atoms with E-state index in [4.69, 9.17) is 21.1 Å². The van der Waals surface area contributed by atoms with Crippen molar-refractivity contribution >= 4 is 23.1 Å². The van der Waals surface area contributed by atoms with Crippen molar-refractivity contribution < 1.29 is 9.47 Å². The quantitative estimate of drug-likeness (QED) is 0.864. The molecule has 0 saturated carbocycles. The van der Waals surface area contributed by atoms with Crippen molar-refractivity contribution in [2.45, 2.75) is 26.8 Å². The minimum Gasteiger partial charge on any atom is -0.496 e. The van der Waals surface area contributed by atoms with Crippen LogP contribution in [0.2, 0.25) is 5.15 Å². The summed E-state index contributed by atoms with van der Waals surface area (Å²) in [5, 5.41) is 3.32. The molecule has 1 heterocycles. The van der Waals surface area contributed by atoms with Gasteiger partial charge in [-0.05, 0) is 44.0 Å². The zero-order chi connectivity index (χ0) is 17.9. The third-order valence-electron chi connectivity index (χ3n) is 3.78. The maximum Gasteiger partial charge on any atom is 0.294 e. The van der Waals surface area contributed by atoms with E-state index in [1.54, 1.807) is 14.2 Å². The van der Waals surface area contributed by atoms with Crippen LogP contribution in [0.5, 0.6) is 5.75 Å². The first kappa shape index (κ1) is 18.3. The summed E-state index contributed by atoms with van der Waals surface area (Å²) in [4.78, 5) is 16.8. The molecule has 0 radical (unpaired) electrons. The number of benzene rings is 1. The second kappa shape index (κ2) is 7.68. The normalized spacial score (nSPS) is 12.1. The first-order valence-corrected chi connectivity index (χ1v) is 7.95. The molecule has 0 fully saturated rings. The lowest BCUT2D eigenvalue weighted by Crippen LogP contribution is -2.28. The highest BCUT2D eigenvalue weighted by molar-refractivity contribution is 6.29. The molecule has 0 saturated heterocycles. The van der Waals surface area contributed by atoms with Gasteiger partial charge in [-0.2, -0.15) is 0 Å². The number of hydrogen-bond acceptors (Lipinski definition) is 5. The molecule has 0 amide bonds. The van der Waals surface area contributed by atoms with E-state index < -0.39 is 0 Å². The minimum atomic E-state index is -0.253. The first-order chi connectivity index (χ1) is 11.4. The summed E-state index contributed by atoms with van der Waals surface area (Å²) in [7, 11) is 3.22. The number of nitrogens with one attached hydrogen (secondary N) is 1. The minimum absolute atomic E-state index is 0.151. The average molecular weight is 351 g/mol. The van der Waals surface area contributed by atoms with Crippen LogP contribution in [0.25, 0.3) is 0 Å². The molecule has 1 aromatic carbocycles. The van der Waals surface area contributed by atoms with Crippen LogP contribution in [-0.4, -0.2) is 30.4 Å². The average Bonchev–Trinajstić information content (AvgIpc) is 2.53. The highest BCUT2D eigenvalue weighted by Crippen LogP contribution is 2.27. The smallest absolute Gasteiger partial charge is 0.294 e. The largest absolute Gasteiger partial charge is 0.496 e. The Bertz CT molecular complexity index is 789. The van der Waals surface area contributed by atoms with Crippen molar-refractivity contribution in [3.8, 4) is 5.75 Å². The number of ether oxygens (including phenoxy) is 2. The summed E-state index contributed by atoms with van der Waals surface area (Å²) in [5.41, 5.74) is 2.43. The lowest BCUT2D eigenvalue weighted by atomic mass is 10.1. The number of halogens is 1. The number of hydrogen-bond donors (Lipinski definition) is 1. The van der Waals surface area contributed by atoms with Gasteiger partial charge < -0.3 is 19.4 Å². The van der Waals surface area contributed by atoms with Crippen LogP contribution in [0.15, 0.2) is 23.1 Å². The Morgan fingerprint density at radius 3 is 2.62 bits per heavy atom. The lowest BCUT2D eigenvalue weighted by molar-refractivity contribution is 0.161. The van der Waals surface area contributed by atoms with Crippen molar-refractivity contribution in [2.75, 3.05) is 26.1 Å². The molecule has 130 valence electrons. The van der Waals surface area contributed by atoms with Crippen molar-refractivity contribution in [1.29, 1.82) is 0 Å². The fourth-order valence-corrected chi connectivity index (χ4v) is 2.67. The number of aromatic nitrogens is 2. The SMILES string of the molecule is COC[C@@H](C)n1cc(Cl)nc(Nc2cc(C)c(O[11CH3])cc2C)c1=O. The van der Waals surface area contributed by atoms with Crippen LogP contribution in [-0.2, 0) is 4.74 Å². The van der Waals surface area contributed by atoms with E-state index in [-0.39, 0.29) is 22.6 Å². The monoisotopic (exact) mass is 350 g/mol. The third-order valence-corrected chi connectivity index (χ3v) is 3.96. The van der Waals surface area contributed by atoms with Gasteiger partial charge in [0.05, 0.1) is 19.8 Å². The molecule has 0 spiro atoms. The maximum absolute atomic E-state index is 12.7. The standard InChI is InChI=1S/C17H22ClN3O3/c1-10-7-14(24-5)11(2)6-13(10)19-16-17(22)21(8-15(18)20-16)12(3)9-23-4/h6-8,12H,9H2,1-5H3,(H,19,20)/t12-/m1/s1/i5-1. The summed E-state index contributed by atoms with van der Waals surface area (Å²) in [6.07, 6.45) is 1.52. The molecule has 1 atom stereocenters. The Hall–Kier alpha value is -2.05. The summed E-state index contributed by atoms with van der Waals surface area (Å²) in [6, 6.07) is 3.68. The molecule has 2 rings (SSSR count). The van der Waals surface area contributed by atoms with Crippen LogP contribution >= 0.6 is 11.6 Å². The highest BCUT2D eigenvalue weighted by Gasteiger charge is 2.14. The van der Waals surface area contributed by atoms with E-state index in [2.05, 4.69) is 10.3 Å². The third kappa shape index (κ3) is 3.88. The fourth-order valence-electron chi connectivity index (χ4n) is 2.48. The first-order valence-electron chi connectivity index (χ1n) is 7.57. The molecule has 1 aromatic heterocycles. The molecular weight excluding hydrogens is 329 g/mol. The second-order valence-corrected chi connectivity index (χ2v) is 6.08. The maximum atomic E-state index is 12.7. The molecule has 2 aromatic rings. The molecule has 0 unspecified atom stereocenters. The molecule has 0 aliphatic rings. The summed E-state index contributed by atoms with van der Waals surface area (Å²) >= 11 is 6.08. The van der Waals surface area contributed by atoms with Gasteiger partial charge in [0, 0.05) is 19.0 Å². The molecule has 24 heavy (non-hydrogen) atoms. The Labute approximate surface area is 146 Å². The lowest BCUT2D eigenvalue weighted by Gasteiger charge is -2.17. The zero-order valence-electron chi connectivity index (χ0n) is 14.5. The van der Waals surface area contributed by atoms with Gasteiger partial charge in [0.15, 0.2) is 5.82 Å². The van der Waals surface area contributed by atoms with Crippen LogP contribution in [0, 0.1) is 13.8 Å². The predicted octanol–water partition coefficient (Wildman–Crippen LogP) is 3.47. The van der Waals surface area contributed by atoms with E-state index in [9.17, 15) is 4.79 Å². The van der Waals surface area contributed by atoms with E-state index in [1.165, 1.54) is 10.8 Å². The second-order valence-electron chi connectivity index (χ2n) is 5.69. The number of aryl methyl sites for hydroxylation is 2. The topological polar surface area (TPSA) is 65.4 Å². The number of rotatable bonds is 6. The number of anilines is 2. The van der Waals surface area contributed by atoms with Crippen LogP contribution < -0.4 is 15.6 Å². The van der Waals surface area contributed by atoms with Crippen molar-refractivity contribution in [3.63, 3.8) is 0 Å². The van der Waals surface area contributed by atoms with Gasteiger partial charge in [0.2, 0.25) is 0 Å². The highest BCUT2D eigenvalue weighted by atomic mass is 35.5. The molecule has 0 aliphatic carbocycles. The van der Waals surface area contributed by atoms with E-state index in [1.807, 2.05) is 32.9 Å². The van der Waals surface area contributed by atoms with Gasteiger partial charge in [-0.15, -0.1) is 0 Å². The zero-order valence-corrected chi connectivity index (χ0v) is 15.3. The van der Waals surface area contributed by atoms with Gasteiger partial charge in [0.25, 0.3) is 5.56 Å². The summed E-state index contributed by atoms with van der Waals surface area (Å²) in [6.45, 7) is 6.16. The molecule has 1 N–H and O–H groups in total. The Morgan fingerprint density at radius 1 is 1.29 bits per heavy atom. The van der Waals surface area contributed by atoms with E-state index >= 15 is 0 Å². The van der Waals surface area contributed by atoms with E-state index in [0.717, 1.165) is 22.6 Å². The van der Waals surface area contributed by atoms with Crippen LogP contribution in [0.1, 0.15) is 24.1 Å². The molecular formula is C17H22ClN3O3.